The van der Waals surface area contributed by atoms with Crippen LogP contribution in [-0.2, 0) is 19.6 Å². The van der Waals surface area contributed by atoms with E-state index in [2.05, 4.69) is 10.0 Å². The highest BCUT2D eigenvalue weighted by Gasteiger charge is 2.20. The van der Waals surface area contributed by atoms with Crippen molar-refractivity contribution in [3.8, 4) is 0 Å². The summed E-state index contributed by atoms with van der Waals surface area (Å²) in [5, 5.41) is 2.64. The summed E-state index contributed by atoms with van der Waals surface area (Å²) in [7, 11) is -3.60. The Morgan fingerprint density at radius 3 is 2.21 bits per heavy atom. The number of ether oxygens (including phenoxy) is 1. The average Bonchev–Trinajstić information content (AvgIpc) is 2.61. The standard InChI is InChI=1S/C19H21FN2O5S/c1-3-27-19(24)14-6-10-16(11-7-14)21-18(23)12-17(22-28(2,25)26)13-4-8-15(20)9-5-13/h4-11,17,22H,3,12H2,1-2H3,(H,21,23)/t17-/m1/s1. The summed E-state index contributed by atoms with van der Waals surface area (Å²) < 4.78 is 43.6. The van der Waals surface area contributed by atoms with Gasteiger partial charge in [-0.05, 0) is 48.9 Å². The molecule has 28 heavy (non-hydrogen) atoms. The lowest BCUT2D eigenvalue weighted by Gasteiger charge is -2.18. The summed E-state index contributed by atoms with van der Waals surface area (Å²) in [4.78, 5) is 24.0. The van der Waals surface area contributed by atoms with E-state index in [4.69, 9.17) is 4.74 Å². The van der Waals surface area contributed by atoms with Gasteiger partial charge < -0.3 is 10.1 Å². The van der Waals surface area contributed by atoms with Crippen molar-refractivity contribution in [2.75, 3.05) is 18.2 Å². The Morgan fingerprint density at radius 1 is 1.07 bits per heavy atom. The molecule has 0 aliphatic carbocycles. The molecule has 150 valence electrons. The number of amides is 1. The van der Waals surface area contributed by atoms with Gasteiger partial charge in [-0.3, -0.25) is 4.79 Å². The fourth-order valence-corrected chi connectivity index (χ4v) is 3.22. The van der Waals surface area contributed by atoms with E-state index < -0.39 is 33.8 Å². The molecule has 0 spiro atoms. The van der Waals surface area contributed by atoms with Crippen LogP contribution in [-0.4, -0.2) is 33.2 Å². The van der Waals surface area contributed by atoms with Crippen LogP contribution < -0.4 is 10.0 Å². The van der Waals surface area contributed by atoms with Crippen LogP contribution in [0, 0.1) is 5.82 Å². The third-order valence-electron chi connectivity index (χ3n) is 3.70. The first-order valence-electron chi connectivity index (χ1n) is 8.47. The predicted octanol–water partition coefficient (Wildman–Crippen LogP) is 2.62. The smallest absolute Gasteiger partial charge is 0.338 e. The first-order chi connectivity index (χ1) is 13.2. The van der Waals surface area contributed by atoms with Crippen LogP contribution in [0.4, 0.5) is 10.1 Å². The van der Waals surface area contributed by atoms with Crippen LogP contribution in [0.3, 0.4) is 0 Å². The second-order valence-corrected chi connectivity index (χ2v) is 7.82. The topological polar surface area (TPSA) is 102 Å². The third kappa shape index (κ3) is 6.75. The number of hydrogen-bond acceptors (Lipinski definition) is 5. The van der Waals surface area contributed by atoms with Gasteiger partial charge in [0.25, 0.3) is 0 Å². The summed E-state index contributed by atoms with van der Waals surface area (Å²) in [6.07, 6.45) is 0.786. The maximum absolute atomic E-state index is 13.1. The van der Waals surface area contributed by atoms with Crippen molar-refractivity contribution in [2.45, 2.75) is 19.4 Å². The Labute approximate surface area is 163 Å². The minimum absolute atomic E-state index is 0.196. The molecule has 0 radical (unpaired) electrons. The van der Waals surface area contributed by atoms with Gasteiger partial charge in [-0.2, -0.15) is 0 Å². The lowest BCUT2D eigenvalue weighted by molar-refractivity contribution is -0.116. The summed E-state index contributed by atoms with van der Waals surface area (Å²) >= 11 is 0. The molecule has 1 amide bonds. The Bertz CT molecular complexity index is 928. The summed E-state index contributed by atoms with van der Waals surface area (Å²) in [5.74, 6) is -1.38. The molecule has 0 fully saturated rings. The van der Waals surface area contributed by atoms with Crippen LogP contribution in [0.5, 0.6) is 0 Å². The molecular formula is C19H21FN2O5S. The zero-order valence-electron chi connectivity index (χ0n) is 15.4. The van der Waals surface area contributed by atoms with E-state index in [1.807, 2.05) is 0 Å². The van der Waals surface area contributed by atoms with Gasteiger partial charge in [0.2, 0.25) is 15.9 Å². The predicted molar refractivity (Wildman–Crippen MR) is 103 cm³/mol. The number of halogens is 1. The molecule has 9 heteroatoms. The van der Waals surface area contributed by atoms with Gasteiger partial charge >= 0.3 is 5.97 Å². The van der Waals surface area contributed by atoms with E-state index >= 15 is 0 Å². The van der Waals surface area contributed by atoms with Gasteiger partial charge in [0.05, 0.1) is 24.5 Å². The first-order valence-corrected chi connectivity index (χ1v) is 10.4. The molecule has 0 saturated carbocycles. The lowest BCUT2D eigenvalue weighted by atomic mass is 10.0. The van der Waals surface area contributed by atoms with E-state index in [9.17, 15) is 22.4 Å². The van der Waals surface area contributed by atoms with Crippen molar-refractivity contribution < 1.29 is 27.1 Å². The number of carbonyl (C=O) groups excluding carboxylic acids is 2. The molecule has 0 aliphatic rings. The largest absolute Gasteiger partial charge is 0.462 e. The second-order valence-electron chi connectivity index (χ2n) is 6.04. The Hall–Kier alpha value is -2.78. The lowest BCUT2D eigenvalue weighted by Crippen LogP contribution is -2.30. The number of benzene rings is 2. The molecule has 0 bridgehead atoms. The van der Waals surface area contributed by atoms with Crippen LogP contribution >= 0.6 is 0 Å². The van der Waals surface area contributed by atoms with E-state index in [1.165, 1.54) is 36.4 Å². The van der Waals surface area contributed by atoms with Crippen molar-refractivity contribution in [2.24, 2.45) is 0 Å². The van der Waals surface area contributed by atoms with Crippen molar-refractivity contribution in [3.05, 3.63) is 65.5 Å². The molecule has 0 unspecified atom stereocenters. The van der Waals surface area contributed by atoms with Crippen LogP contribution in [0.2, 0.25) is 0 Å². The van der Waals surface area contributed by atoms with Gasteiger partial charge in [-0.15, -0.1) is 0 Å². The van der Waals surface area contributed by atoms with Crippen molar-refractivity contribution in [1.82, 2.24) is 4.72 Å². The molecule has 0 heterocycles. The fraction of sp³-hybridized carbons (Fsp3) is 0.263. The SMILES string of the molecule is CCOC(=O)c1ccc(NC(=O)C[C@@H](NS(C)(=O)=O)c2ccc(F)cc2)cc1. The third-order valence-corrected chi connectivity index (χ3v) is 4.41. The number of hydrogen-bond donors (Lipinski definition) is 2. The molecule has 2 aromatic rings. The van der Waals surface area contributed by atoms with Gasteiger partial charge in [0, 0.05) is 12.1 Å². The van der Waals surface area contributed by atoms with Crippen molar-refractivity contribution in [1.29, 1.82) is 0 Å². The highest BCUT2D eigenvalue weighted by molar-refractivity contribution is 7.88. The zero-order valence-corrected chi connectivity index (χ0v) is 16.3. The average molecular weight is 408 g/mol. The first kappa shape index (κ1) is 21.5. The Balaban J connectivity index is 2.08. The highest BCUT2D eigenvalue weighted by Crippen LogP contribution is 2.20. The molecule has 2 aromatic carbocycles. The maximum Gasteiger partial charge on any atom is 0.338 e. The summed E-state index contributed by atoms with van der Waals surface area (Å²) in [6, 6.07) is 10.5. The van der Waals surface area contributed by atoms with E-state index in [0.29, 0.717) is 16.8 Å². The van der Waals surface area contributed by atoms with Gasteiger partial charge in [0.1, 0.15) is 5.82 Å². The number of esters is 1. The quantitative estimate of drug-likeness (QED) is 0.654. The van der Waals surface area contributed by atoms with Gasteiger partial charge in [0.15, 0.2) is 0 Å². The Kier molecular flexibility index (Phi) is 7.24. The monoisotopic (exact) mass is 408 g/mol. The van der Waals surface area contributed by atoms with E-state index in [-0.39, 0.29) is 13.0 Å². The molecule has 0 aliphatic heterocycles. The highest BCUT2D eigenvalue weighted by atomic mass is 32.2. The number of rotatable bonds is 8. The van der Waals surface area contributed by atoms with Gasteiger partial charge in [-0.1, -0.05) is 12.1 Å². The van der Waals surface area contributed by atoms with Gasteiger partial charge in [-0.25, -0.2) is 22.3 Å². The molecule has 1 atom stereocenters. The van der Waals surface area contributed by atoms with Crippen LogP contribution in [0.25, 0.3) is 0 Å². The number of nitrogens with one attached hydrogen (secondary N) is 2. The number of anilines is 1. The molecule has 0 saturated heterocycles. The van der Waals surface area contributed by atoms with E-state index in [0.717, 1.165) is 6.26 Å². The molecule has 0 aromatic heterocycles. The molecule has 2 rings (SSSR count). The number of carbonyl (C=O) groups is 2. The molecule has 2 N–H and O–H groups in total. The second kappa shape index (κ2) is 9.43. The van der Waals surface area contributed by atoms with Crippen molar-refractivity contribution >= 4 is 27.6 Å². The minimum atomic E-state index is -3.60. The molecule has 7 nitrogen and oxygen atoms in total. The van der Waals surface area contributed by atoms with Crippen LogP contribution in [0.1, 0.15) is 35.3 Å². The summed E-state index contributed by atoms with van der Waals surface area (Å²) in [6.45, 7) is 1.96. The van der Waals surface area contributed by atoms with Crippen molar-refractivity contribution in [3.63, 3.8) is 0 Å². The number of sulfonamides is 1. The van der Waals surface area contributed by atoms with Crippen LogP contribution in [0.15, 0.2) is 48.5 Å². The minimum Gasteiger partial charge on any atom is -0.462 e. The zero-order chi connectivity index (χ0) is 20.7. The normalized spacial score (nSPS) is 12.2. The maximum atomic E-state index is 13.1. The fourth-order valence-electron chi connectivity index (χ4n) is 2.48. The molecular weight excluding hydrogens is 387 g/mol. The van der Waals surface area contributed by atoms with E-state index in [1.54, 1.807) is 19.1 Å². The Morgan fingerprint density at radius 2 is 1.68 bits per heavy atom. The summed E-state index contributed by atoms with van der Waals surface area (Å²) in [5.41, 5.74) is 1.25.